The van der Waals surface area contributed by atoms with Gasteiger partial charge in [-0.05, 0) is 49.9 Å². The lowest BCUT2D eigenvalue weighted by molar-refractivity contribution is 0.290. The zero-order valence-corrected chi connectivity index (χ0v) is 12.0. The van der Waals surface area contributed by atoms with Crippen molar-refractivity contribution in [1.29, 1.82) is 0 Å². The summed E-state index contributed by atoms with van der Waals surface area (Å²) < 4.78 is 10.8. The zero-order valence-electron chi connectivity index (χ0n) is 12.0. The molecule has 1 aromatic carbocycles. The molecule has 0 saturated heterocycles. The molecule has 0 heterocycles. The molecule has 19 heavy (non-hydrogen) atoms. The Morgan fingerprint density at radius 3 is 2.42 bits per heavy atom. The Kier molecular flexibility index (Phi) is 5.52. The normalized spacial score (nSPS) is 17.4. The molecule has 0 radical (unpaired) electrons. The lowest BCUT2D eigenvalue weighted by Crippen LogP contribution is -2.35. The molecular formula is C16H25NO2. The summed E-state index contributed by atoms with van der Waals surface area (Å²) in [6.07, 6.45) is 5.57. The van der Waals surface area contributed by atoms with Gasteiger partial charge in [0, 0.05) is 12.6 Å². The van der Waals surface area contributed by atoms with Gasteiger partial charge in [0.15, 0.2) is 0 Å². The first-order chi connectivity index (χ1) is 9.29. The van der Waals surface area contributed by atoms with Gasteiger partial charge in [0.2, 0.25) is 0 Å². The van der Waals surface area contributed by atoms with E-state index in [2.05, 4.69) is 12.2 Å². The van der Waals surface area contributed by atoms with Gasteiger partial charge in [-0.3, -0.25) is 0 Å². The Hall–Kier alpha value is -1.22. The van der Waals surface area contributed by atoms with Gasteiger partial charge in [-0.1, -0.05) is 12.8 Å². The molecule has 3 nitrogen and oxygen atoms in total. The van der Waals surface area contributed by atoms with Gasteiger partial charge in [-0.25, -0.2) is 0 Å². The number of rotatable bonds is 7. The molecular weight excluding hydrogens is 238 g/mol. The lowest BCUT2D eigenvalue weighted by atomic mass is 10.00. The van der Waals surface area contributed by atoms with Crippen molar-refractivity contribution >= 4 is 0 Å². The second kappa shape index (κ2) is 7.39. The van der Waals surface area contributed by atoms with Crippen molar-refractivity contribution in [3.63, 3.8) is 0 Å². The minimum absolute atomic E-state index is 0.613. The summed E-state index contributed by atoms with van der Waals surface area (Å²) in [6.45, 7) is 3.91. The van der Waals surface area contributed by atoms with Gasteiger partial charge in [0.05, 0.1) is 7.11 Å². The van der Waals surface area contributed by atoms with Crippen LogP contribution in [-0.2, 0) is 0 Å². The van der Waals surface area contributed by atoms with Crippen molar-refractivity contribution in [2.45, 2.75) is 38.6 Å². The molecule has 0 spiro atoms. The van der Waals surface area contributed by atoms with Gasteiger partial charge >= 0.3 is 0 Å². The third-order valence-electron chi connectivity index (χ3n) is 4.00. The molecule has 106 valence electrons. The molecule has 1 fully saturated rings. The van der Waals surface area contributed by atoms with E-state index in [-0.39, 0.29) is 0 Å². The molecule has 1 saturated carbocycles. The Morgan fingerprint density at radius 1 is 1.16 bits per heavy atom. The number of ether oxygens (including phenoxy) is 2. The zero-order chi connectivity index (χ0) is 13.5. The van der Waals surface area contributed by atoms with Gasteiger partial charge in [0.1, 0.15) is 18.1 Å². The highest BCUT2D eigenvalue weighted by Gasteiger charge is 2.20. The molecule has 1 aromatic rings. The van der Waals surface area contributed by atoms with Crippen LogP contribution in [-0.4, -0.2) is 26.3 Å². The summed E-state index contributed by atoms with van der Waals surface area (Å²) in [4.78, 5) is 0. The molecule has 0 aromatic heterocycles. The van der Waals surface area contributed by atoms with Crippen LogP contribution < -0.4 is 14.8 Å². The van der Waals surface area contributed by atoms with Crippen molar-refractivity contribution in [1.82, 2.24) is 5.32 Å². The van der Waals surface area contributed by atoms with E-state index in [4.69, 9.17) is 9.47 Å². The third kappa shape index (κ3) is 4.43. The van der Waals surface area contributed by atoms with Crippen LogP contribution in [0.5, 0.6) is 11.5 Å². The third-order valence-corrected chi connectivity index (χ3v) is 4.00. The molecule has 1 aliphatic carbocycles. The van der Waals surface area contributed by atoms with Gasteiger partial charge in [0.25, 0.3) is 0 Å². The predicted octanol–water partition coefficient (Wildman–Crippen LogP) is 3.24. The maximum absolute atomic E-state index is 5.70. The van der Waals surface area contributed by atoms with Crippen molar-refractivity contribution in [2.75, 3.05) is 20.3 Å². The fourth-order valence-corrected chi connectivity index (χ4v) is 2.75. The van der Waals surface area contributed by atoms with E-state index >= 15 is 0 Å². The molecule has 0 bridgehead atoms. The average molecular weight is 263 g/mol. The number of hydrogen-bond acceptors (Lipinski definition) is 3. The molecule has 0 amide bonds. The standard InChI is InChI=1S/C16H25NO2/c1-13(14-5-3-4-6-14)17-11-12-19-16-9-7-15(18-2)8-10-16/h7-10,13-14,17H,3-6,11-12H2,1-2H3/t13-/m0/s1. The fraction of sp³-hybridized carbons (Fsp3) is 0.625. The SMILES string of the molecule is COc1ccc(OCCN[C@@H](C)C2CCCC2)cc1. The van der Waals surface area contributed by atoms with Crippen LogP contribution >= 0.6 is 0 Å². The second-order valence-electron chi connectivity index (χ2n) is 5.31. The molecule has 2 rings (SSSR count). The van der Waals surface area contributed by atoms with Gasteiger partial charge < -0.3 is 14.8 Å². The van der Waals surface area contributed by atoms with Crippen LogP contribution in [0.1, 0.15) is 32.6 Å². The van der Waals surface area contributed by atoms with E-state index in [1.807, 2.05) is 24.3 Å². The summed E-state index contributed by atoms with van der Waals surface area (Å²) >= 11 is 0. The smallest absolute Gasteiger partial charge is 0.119 e. The largest absolute Gasteiger partial charge is 0.497 e. The Morgan fingerprint density at radius 2 is 1.79 bits per heavy atom. The molecule has 0 aliphatic heterocycles. The maximum Gasteiger partial charge on any atom is 0.119 e. The van der Waals surface area contributed by atoms with Crippen LogP contribution in [0.2, 0.25) is 0 Å². The van der Waals surface area contributed by atoms with E-state index in [9.17, 15) is 0 Å². The number of benzene rings is 1. The van der Waals surface area contributed by atoms with E-state index in [1.54, 1.807) is 7.11 Å². The Labute approximate surface area is 116 Å². The summed E-state index contributed by atoms with van der Waals surface area (Å²) in [5, 5.41) is 3.57. The number of nitrogens with one attached hydrogen (secondary N) is 1. The van der Waals surface area contributed by atoms with E-state index in [0.717, 1.165) is 24.0 Å². The molecule has 1 aliphatic rings. The van der Waals surface area contributed by atoms with Crippen molar-refractivity contribution in [2.24, 2.45) is 5.92 Å². The van der Waals surface area contributed by atoms with E-state index in [1.165, 1.54) is 25.7 Å². The number of methoxy groups -OCH3 is 1. The molecule has 1 N–H and O–H groups in total. The van der Waals surface area contributed by atoms with E-state index < -0.39 is 0 Å². The van der Waals surface area contributed by atoms with Crippen molar-refractivity contribution in [3.05, 3.63) is 24.3 Å². The quantitative estimate of drug-likeness (QED) is 0.766. The molecule has 0 unspecified atom stereocenters. The minimum Gasteiger partial charge on any atom is -0.497 e. The van der Waals surface area contributed by atoms with E-state index in [0.29, 0.717) is 12.6 Å². The average Bonchev–Trinajstić information content (AvgIpc) is 2.98. The highest BCUT2D eigenvalue weighted by atomic mass is 16.5. The highest BCUT2D eigenvalue weighted by molar-refractivity contribution is 5.31. The summed E-state index contributed by atoms with van der Waals surface area (Å²) in [6, 6.07) is 8.34. The minimum atomic E-state index is 0.613. The monoisotopic (exact) mass is 263 g/mol. The topological polar surface area (TPSA) is 30.5 Å². The summed E-state index contributed by atoms with van der Waals surface area (Å²) in [7, 11) is 1.67. The second-order valence-corrected chi connectivity index (χ2v) is 5.31. The fourth-order valence-electron chi connectivity index (χ4n) is 2.75. The number of hydrogen-bond donors (Lipinski definition) is 1. The van der Waals surface area contributed by atoms with Crippen LogP contribution in [0, 0.1) is 5.92 Å². The van der Waals surface area contributed by atoms with Crippen LogP contribution in [0.25, 0.3) is 0 Å². The van der Waals surface area contributed by atoms with Gasteiger partial charge in [-0.2, -0.15) is 0 Å². The predicted molar refractivity (Wildman–Crippen MR) is 77.9 cm³/mol. The summed E-state index contributed by atoms with van der Waals surface area (Å²) in [5.41, 5.74) is 0. The Balaban J connectivity index is 1.62. The van der Waals surface area contributed by atoms with Crippen LogP contribution in [0.4, 0.5) is 0 Å². The van der Waals surface area contributed by atoms with Gasteiger partial charge in [-0.15, -0.1) is 0 Å². The first kappa shape index (κ1) is 14.2. The van der Waals surface area contributed by atoms with Crippen molar-refractivity contribution < 1.29 is 9.47 Å². The maximum atomic E-state index is 5.70. The lowest BCUT2D eigenvalue weighted by Gasteiger charge is -2.20. The van der Waals surface area contributed by atoms with Crippen LogP contribution in [0.3, 0.4) is 0 Å². The summed E-state index contributed by atoms with van der Waals surface area (Å²) in [5.74, 6) is 2.62. The molecule has 3 heteroatoms. The Bertz CT molecular complexity index is 358. The van der Waals surface area contributed by atoms with Crippen LogP contribution in [0.15, 0.2) is 24.3 Å². The highest BCUT2D eigenvalue weighted by Crippen LogP contribution is 2.27. The molecule has 1 atom stereocenters. The first-order valence-corrected chi connectivity index (χ1v) is 7.30. The first-order valence-electron chi connectivity index (χ1n) is 7.30. The van der Waals surface area contributed by atoms with Crippen molar-refractivity contribution in [3.8, 4) is 11.5 Å².